The highest BCUT2D eigenvalue weighted by Gasteiger charge is 2.36. The van der Waals surface area contributed by atoms with Gasteiger partial charge >= 0.3 is 0 Å². The number of likely N-dealkylation sites (tertiary alicyclic amines) is 1. The summed E-state index contributed by atoms with van der Waals surface area (Å²) >= 11 is 6.07. The van der Waals surface area contributed by atoms with Gasteiger partial charge < -0.3 is 19.7 Å². The molecule has 1 amide bonds. The highest BCUT2D eigenvalue weighted by molar-refractivity contribution is 6.33. The van der Waals surface area contributed by atoms with Crippen LogP contribution in [0, 0.1) is 0 Å². The van der Waals surface area contributed by atoms with Crippen LogP contribution in [0.2, 0.25) is 5.02 Å². The van der Waals surface area contributed by atoms with Crippen molar-refractivity contribution in [2.75, 3.05) is 39.7 Å². The monoisotopic (exact) mass is 299 g/mol. The summed E-state index contributed by atoms with van der Waals surface area (Å²) in [6.45, 7) is 0.975. The van der Waals surface area contributed by atoms with Crippen LogP contribution in [0.3, 0.4) is 0 Å². The molecule has 0 bridgehead atoms. The molecule has 7 heteroatoms. The SMILES string of the molecule is CNc1cc(C(=O)N2CC(OC)C(OC)C2)c(Cl)cn1. The van der Waals surface area contributed by atoms with Gasteiger partial charge in [-0.2, -0.15) is 0 Å². The summed E-state index contributed by atoms with van der Waals surface area (Å²) in [4.78, 5) is 18.3. The van der Waals surface area contributed by atoms with Crippen LogP contribution in [0.15, 0.2) is 12.3 Å². The van der Waals surface area contributed by atoms with Crippen LogP contribution in [0.1, 0.15) is 10.4 Å². The maximum atomic E-state index is 12.5. The lowest BCUT2D eigenvalue weighted by atomic mass is 10.2. The molecule has 1 N–H and O–H groups in total. The number of carbonyl (C=O) groups is 1. The third-order valence-corrected chi connectivity index (χ3v) is 3.75. The summed E-state index contributed by atoms with van der Waals surface area (Å²) < 4.78 is 10.7. The Labute approximate surface area is 123 Å². The molecule has 0 aliphatic carbocycles. The first kappa shape index (κ1) is 15.0. The lowest BCUT2D eigenvalue weighted by Crippen LogP contribution is -2.30. The summed E-state index contributed by atoms with van der Waals surface area (Å²) in [6, 6.07) is 1.65. The van der Waals surface area contributed by atoms with Gasteiger partial charge in [0.25, 0.3) is 5.91 Å². The second-order valence-corrected chi connectivity index (χ2v) is 4.97. The van der Waals surface area contributed by atoms with Crippen molar-refractivity contribution in [3.05, 3.63) is 22.8 Å². The van der Waals surface area contributed by atoms with E-state index in [0.29, 0.717) is 29.5 Å². The third kappa shape index (κ3) is 2.87. The number of pyridine rings is 1. The van der Waals surface area contributed by atoms with E-state index in [9.17, 15) is 4.79 Å². The van der Waals surface area contributed by atoms with Crippen molar-refractivity contribution in [1.29, 1.82) is 0 Å². The van der Waals surface area contributed by atoms with E-state index in [0.717, 1.165) is 0 Å². The molecular weight excluding hydrogens is 282 g/mol. The molecule has 1 aliphatic heterocycles. The molecule has 0 aromatic carbocycles. The largest absolute Gasteiger partial charge is 0.377 e. The van der Waals surface area contributed by atoms with Crippen LogP contribution >= 0.6 is 11.6 Å². The number of anilines is 1. The third-order valence-electron chi connectivity index (χ3n) is 3.45. The van der Waals surface area contributed by atoms with Crippen LogP contribution in [-0.4, -0.2) is 62.4 Å². The number of ether oxygens (including phenoxy) is 2. The molecule has 1 aromatic rings. The van der Waals surface area contributed by atoms with Gasteiger partial charge in [-0.1, -0.05) is 11.6 Å². The zero-order valence-corrected chi connectivity index (χ0v) is 12.5. The standard InChI is InChI=1S/C13H18ClN3O3/c1-15-12-4-8(9(14)5-16-12)13(18)17-6-10(19-2)11(7-17)20-3/h4-5,10-11H,6-7H2,1-3H3,(H,15,16). The predicted octanol–water partition coefficient (Wildman–Crippen LogP) is 1.26. The molecule has 20 heavy (non-hydrogen) atoms. The van der Waals surface area contributed by atoms with Gasteiger partial charge in [-0.25, -0.2) is 4.98 Å². The highest BCUT2D eigenvalue weighted by atomic mass is 35.5. The van der Waals surface area contributed by atoms with Crippen molar-refractivity contribution in [3.8, 4) is 0 Å². The predicted molar refractivity (Wildman–Crippen MR) is 76.3 cm³/mol. The first-order valence-corrected chi connectivity index (χ1v) is 6.66. The van der Waals surface area contributed by atoms with Gasteiger partial charge in [0, 0.05) is 40.6 Å². The normalized spacial score (nSPS) is 22.1. The van der Waals surface area contributed by atoms with Gasteiger partial charge in [0.1, 0.15) is 18.0 Å². The Hall–Kier alpha value is -1.37. The molecule has 2 rings (SSSR count). The first-order chi connectivity index (χ1) is 9.60. The number of halogens is 1. The van der Waals surface area contributed by atoms with E-state index in [4.69, 9.17) is 21.1 Å². The van der Waals surface area contributed by atoms with Crippen molar-refractivity contribution < 1.29 is 14.3 Å². The van der Waals surface area contributed by atoms with Gasteiger partial charge in [0.2, 0.25) is 0 Å². The van der Waals surface area contributed by atoms with E-state index in [2.05, 4.69) is 10.3 Å². The van der Waals surface area contributed by atoms with Crippen LogP contribution in [0.5, 0.6) is 0 Å². The Balaban J connectivity index is 2.20. The summed E-state index contributed by atoms with van der Waals surface area (Å²) in [5.41, 5.74) is 0.428. The summed E-state index contributed by atoms with van der Waals surface area (Å²) in [7, 11) is 4.97. The number of carbonyl (C=O) groups excluding carboxylic acids is 1. The fourth-order valence-corrected chi connectivity index (χ4v) is 2.46. The van der Waals surface area contributed by atoms with E-state index < -0.39 is 0 Å². The number of methoxy groups -OCH3 is 2. The topological polar surface area (TPSA) is 63.7 Å². The second-order valence-electron chi connectivity index (χ2n) is 4.56. The Bertz CT molecular complexity index is 486. The molecule has 2 unspecified atom stereocenters. The van der Waals surface area contributed by atoms with Crippen LogP contribution in [-0.2, 0) is 9.47 Å². The molecule has 1 saturated heterocycles. The minimum atomic E-state index is -0.143. The van der Waals surface area contributed by atoms with Crippen LogP contribution in [0.25, 0.3) is 0 Å². The number of hydrogen-bond donors (Lipinski definition) is 1. The number of amides is 1. The van der Waals surface area contributed by atoms with Crippen molar-refractivity contribution in [3.63, 3.8) is 0 Å². The molecule has 1 aromatic heterocycles. The number of aromatic nitrogens is 1. The molecule has 1 aliphatic rings. The average Bonchev–Trinajstić information content (AvgIpc) is 2.90. The Morgan fingerprint density at radius 3 is 2.50 bits per heavy atom. The highest BCUT2D eigenvalue weighted by Crippen LogP contribution is 2.23. The van der Waals surface area contributed by atoms with E-state index in [1.807, 2.05) is 0 Å². The molecule has 0 radical (unpaired) electrons. The fraction of sp³-hybridized carbons (Fsp3) is 0.538. The Morgan fingerprint density at radius 1 is 1.40 bits per heavy atom. The number of nitrogens with one attached hydrogen (secondary N) is 1. The molecule has 6 nitrogen and oxygen atoms in total. The minimum absolute atomic E-state index is 0.117. The molecular formula is C13H18ClN3O3. The average molecular weight is 300 g/mol. The van der Waals surface area contributed by atoms with Crippen LogP contribution in [0.4, 0.5) is 5.82 Å². The maximum Gasteiger partial charge on any atom is 0.255 e. The lowest BCUT2D eigenvalue weighted by molar-refractivity contribution is -0.00461. The Morgan fingerprint density at radius 2 is 2.00 bits per heavy atom. The summed E-state index contributed by atoms with van der Waals surface area (Å²) in [5.74, 6) is 0.457. The van der Waals surface area contributed by atoms with Crippen molar-refractivity contribution in [2.45, 2.75) is 12.2 Å². The molecule has 1 fully saturated rings. The van der Waals surface area contributed by atoms with E-state index in [1.54, 1.807) is 32.2 Å². The lowest BCUT2D eigenvalue weighted by Gasteiger charge is -2.17. The first-order valence-electron chi connectivity index (χ1n) is 6.28. The molecule has 110 valence electrons. The summed E-state index contributed by atoms with van der Waals surface area (Å²) in [6.07, 6.45) is 1.24. The van der Waals surface area contributed by atoms with Gasteiger partial charge in [-0.15, -0.1) is 0 Å². The quantitative estimate of drug-likeness (QED) is 0.907. The zero-order valence-electron chi connectivity index (χ0n) is 11.7. The molecule has 0 saturated carbocycles. The van der Waals surface area contributed by atoms with Crippen molar-refractivity contribution in [1.82, 2.24) is 9.88 Å². The number of rotatable bonds is 4. The van der Waals surface area contributed by atoms with Crippen molar-refractivity contribution >= 4 is 23.3 Å². The van der Waals surface area contributed by atoms with Crippen molar-refractivity contribution in [2.24, 2.45) is 0 Å². The zero-order chi connectivity index (χ0) is 14.7. The van der Waals surface area contributed by atoms with Gasteiger partial charge in [-0.3, -0.25) is 4.79 Å². The maximum absolute atomic E-state index is 12.5. The van der Waals surface area contributed by atoms with Crippen LogP contribution < -0.4 is 5.32 Å². The number of nitrogens with zero attached hydrogens (tertiary/aromatic N) is 2. The Kier molecular flexibility index (Phi) is 4.80. The second kappa shape index (κ2) is 6.39. The van der Waals surface area contributed by atoms with Gasteiger partial charge in [0.15, 0.2) is 0 Å². The molecule has 0 spiro atoms. The van der Waals surface area contributed by atoms with Gasteiger partial charge in [0.05, 0.1) is 10.6 Å². The smallest absolute Gasteiger partial charge is 0.255 e. The van der Waals surface area contributed by atoms with E-state index in [-0.39, 0.29) is 18.1 Å². The fourth-order valence-electron chi connectivity index (χ4n) is 2.27. The number of hydrogen-bond acceptors (Lipinski definition) is 5. The minimum Gasteiger partial charge on any atom is -0.377 e. The van der Waals surface area contributed by atoms with E-state index in [1.165, 1.54) is 6.20 Å². The van der Waals surface area contributed by atoms with E-state index >= 15 is 0 Å². The summed E-state index contributed by atoms with van der Waals surface area (Å²) in [5, 5.41) is 3.23. The van der Waals surface area contributed by atoms with Gasteiger partial charge in [-0.05, 0) is 6.07 Å². The molecule has 2 atom stereocenters. The molecule has 2 heterocycles.